The molecule has 0 aliphatic carbocycles. The largest absolute Gasteiger partial charge is 0.493 e. The molecular weight excluding hydrogens is 295 g/mol. The van der Waals surface area contributed by atoms with Crippen molar-refractivity contribution in [3.8, 4) is 11.5 Å². The van der Waals surface area contributed by atoms with E-state index in [0.29, 0.717) is 29.3 Å². The summed E-state index contributed by atoms with van der Waals surface area (Å²) < 4.78 is 24.3. The summed E-state index contributed by atoms with van der Waals surface area (Å²) in [5, 5.41) is 4.24. The second-order valence-corrected chi connectivity index (χ2v) is 5.20. The first-order valence-electron chi connectivity index (χ1n) is 7.29. The molecule has 0 aliphatic heterocycles. The third kappa shape index (κ3) is 4.22. The highest BCUT2D eigenvalue weighted by molar-refractivity contribution is 5.98. The maximum atomic E-state index is 13.8. The fourth-order valence-electron chi connectivity index (χ4n) is 2.22. The first kappa shape index (κ1) is 16.8. The van der Waals surface area contributed by atoms with Crippen molar-refractivity contribution >= 4 is 5.71 Å². The van der Waals surface area contributed by atoms with E-state index in [2.05, 4.69) is 10.5 Å². The Morgan fingerprint density at radius 3 is 2.52 bits per heavy atom. The molecule has 0 saturated carbocycles. The lowest BCUT2D eigenvalue weighted by Gasteiger charge is -2.10. The van der Waals surface area contributed by atoms with E-state index in [-0.39, 0.29) is 5.82 Å². The van der Waals surface area contributed by atoms with E-state index in [4.69, 9.17) is 9.47 Å². The Hall–Kier alpha value is -2.56. The quantitative estimate of drug-likeness (QED) is 0.653. The van der Waals surface area contributed by atoms with Gasteiger partial charge in [-0.2, -0.15) is 5.10 Å². The molecule has 0 aromatic heterocycles. The van der Waals surface area contributed by atoms with Gasteiger partial charge in [-0.3, -0.25) is 0 Å². The zero-order chi connectivity index (χ0) is 16.8. The van der Waals surface area contributed by atoms with E-state index in [0.717, 1.165) is 11.1 Å². The van der Waals surface area contributed by atoms with Gasteiger partial charge in [-0.25, -0.2) is 4.39 Å². The molecule has 0 atom stereocenters. The van der Waals surface area contributed by atoms with Crippen molar-refractivity contribution in [2.75, 3.05) is 14.2 Å². The highest BCUT2D eigenvalue weighted by Crippen LogP contribution is 2.27. The number of hydrogen-bond acceptors (Lipinski definition) is 4. The molecular formula is C18H21FN2O2. The van der Waals surface area contributed by atoms with Gasteiger partial charge in [0.25, 0.3) is 0 Å². The SMILES string of the molecule is COc1ccc(CN/N=C(\C)c2cc(C)ccc2F)cc1OC. The lowest BCUT2D eigenvalue weighted by Crippen LogP contribution is -2.10. The first-order valence-corrected chi connectivity index (χ1v) is 7.29. The lowest BCUT2D eigenvalue weighted by molar-refractivity contribution is 0.354. The monoisotopic (exact) mass is 316 g/mol. The fraction of sp³-hybridized carbons (Fsp3) is 0.278. The molecule has 0 amide bonds. The Balaban J connectivity index is 2.07. The number of benzene rings is 2. The third-order valence-corrected chi connectivity index (χ3v) is 3.49. The van der Waals surface area contributed by atoms with E-state index < -0.39 is 0 Å². The van der Waals surface area contributed by atoms with Crippen LogP contribution in [0.5, 0.6) is 11.5 Å². The third-order valence-electron chi connectivity index (χ3n) is 3.49. The Morgan fingerprint density at radius 1 is 1.09 bits per heavy atom. The fourth-order valence-corrected chi connectivity index (χ4v) is 2.22. The molecule has 2 aromatic carbocycles. The van der Waals surface area contributed by atoms with E-state index in [1.165, 1.54) is 6.07 Å². The molecule has 0 aliphatic rings. The molecule has 0 unspecified atom stereocenters. The average molecular weight is 316 g/mol. The van der Waals surface area contributed by atoms with Crippen molar-refractivity contribution in [3.63, 3.8) is 0 Å². The first-order chi connectivity index (χ1) is 11.0. The molecule has 23 heavy (non-hydrogen) atoms. The number of ether oxygens (including phenoxy) is 2. The Morgan fingerprint density at radius 2 is 1.83 bits per heavy atom. The number of halogens is 1. The Bertz CT molecular complexity index is 714. The van der Waals surface area contributed by atoms with E-state index in [9.17, 15) is 4.39 Å². The van der Waals surface area contributed by atoms with Crippen LogP contribution < -0.4 is 14.9 Å². The summed E-state index contributed by atoms with van der Waals surface area (Å²) in [6.07, 6.45) is 0. The topological polar surface area (TPSA) is 42.8 Å². The number of hydrogen-bond donors (Lipinski definition) is 1. The zero-order valence-corrected chi connectivity index (χ0v) is 13.8. The standard InChI is InChI=1S/C18H21FN2O2/c1-12-5-7-16(19)15(9-12)13(2)21-20-11-14-6-8-17(22-3)18(10-14)23-4/h5-10,20H,11H2,1-4H3/b21-13+. The Labute approximate surface area is 135 Å². The molecule has 2 rings (SSSR count). The van der Waals surface area contributed by atoms with Crippen LogP contribution in [-0.4, -0.2) is 19.9 Å². The van der Waals surface area contributed by atoms with Crippen molar-refractivity contribution < 1.29 is 13.9 Å². The average Bonchev–Trinajstić information content (AvgIpc) is 2.56. The molecule has 2 aromatic rings. The highest BCUT2D eigenvalue weighted by atomic mass is 19.1. The maximum Gasteiger partial charge on any atom is 0.161 e. The van der Waals surface area contributed by atoms with E-state index in [1.807, 2.05) is 25.1 Å². The van der Waals surface area contributed by atoms with Gasteiger partial charge >= 0.3 is 0 Å². The smallest absolute Gasteiger partial charge is 0.161 e. The summed E-state index contributed by atoms with van der Waals surface area (Å²) in [6.45, 7) is 4.21. The summed E-state index contributed by atoms with van der Waals surface area (Å²) >= 11 is 0. The van der Waals surface area contributed by atoms with Crippen LogP contribution in [0.4, 0.5) is 4.39 Å². The van der Waals surface area contributed by atoms with Crippen LogP contribution in [-0.2, 0) is 6.54 Å². The van der Waals surface area contributed by atoms with Crippen LogP contribution in [0.25, 0.3) is 0 Å². The number of nitrogens with one attached hydrogen (secondary N) is 1. The Kier molecular flexibility index (Phi) is 5.57. The number of rotatable bonds is 6. The van der Waals surface area contributed by atoms with Gasteiger partial charge in [0.05, 0.1) is 26.5 Å². The normalized spacial score (nSPS) is 11.3. The van der Waals surface area contributed by atoms with Crippen LogP contribution in [0.15, 0.2) is 41.5 Å². The molecule has 0 radical (unpaired) electrons. The van der Waals surface area contributed by atoms with Crippen molar-refractivity contribution in [3.05, 3.63) is 58.9 Å². The molecule has 0 saturated heterocycles. The van der Waals surface area contributed by atoms with Crippen molar-refractivity contribution in [2.24, 2.45) is 5.10 Å². The van der Waals surface area contributed by atoms with Crippen LogP contribution in [0.3, 0.4) is 0 Å². The molecule has 122 valence electrons. The van der Waals surface area contributed by atoms with Gasteiger partial charge in [-0.15, -0.1) is 0 Å². The predicted octanol–water partition coefficient (Wildman–Crippen LogP) is 3.67. The molecule has 1 N–H and O–H groups in total. The summed E-state index contributed by atoms with van der Waals surface area (Å²) in [5.74, 6) is 1.07. The second kappa shape index (κ2) is 7.63. The van der Waals surface area contributed by atoms with Gasteiger partial charge in [-0.1, -0.05) is 17.7 Å². The molecule has 5 heteroatoms. The van der Waals surface area contributed by atoms with Crippen molar-refractivity contribution in [1.29, 1.82) is 0 Å². The number of methoxy groups -OCH3 is 2. The zero-order valence-electron chi connectivity index (χ0n) is 13.8. The minimum atomic E-state index is -0.273. The van der Waals surface area contributed by atoms with Crippen LogP contribution in [0.1, 0.15) is 23.6 Å². The minimum absolute atomic E-state index is 0.273. The molecule has 4 nitrogen and oxygen atoms in total. The highest BCUT2D eigenvalue weighted by Gasteiger charge is 2.06. The number of aryl methyl sites for hydroxylation is 1. The van der Waals surface area contributed by atoms with Gasteiger partial charge in [-0.05, 0) is 43.7 Å². The summed E-state index contributed by atoms with van der Waals surface area (Å²) in [7, 11) is 3.19. The maximum absolute atomic E-state index is 13.8. The van der Waals surface area contributed by atoms with Gasteiger partial charge in [0.1, 0.15) is 5.82 Å². The summed E-state index contributed by atoms with van der Waals surface area (Å²) in [6, 6.07) is 10.6. The molecule has 0 heterocycles. The summed E-state index contributed by atoms with van der Waals surface area (Å²) in [5.41, 5.74) is 6.05. The van der Waals surface area contributed by atoms with Crippen LogP contribution in [0, 0.1) is 12.7 Å². The van der Waals surface area contributed by atoms with E-state index >= 15 is 0 Å². The summed E-state index contributed by atoms with van der Waals surface area (Å²) in [4.78, 5) is 0. The van der Waals surface area contributed by atoms with Crippen LogP contribution >= 0.6 is 0 Å². The number of nitrogens with zero attached hydrogens (tertiary/aromatic N) is 1. The van der Waals surface area contributed by atoms with Crippen molar-refractivity contribution in [2.45, 2.75) is 20.4 Å². The van der Waals surface area contributed by atoms with Gasteiger partial charge in [0.2, 0.25) is 0 Å². The molecule has 0 bridgehead atoms. The van der Waals surface area contributed by atoms with Gasteiger partial charge in [0, 0.05) is 5.56 Å². The molecule has 0 spiro atoms. The van der Waals surface area contributed by atoms with E-state index in [1.54, 1.807) is 33.3 Å². The van der Waals surface area contributed by atoms with Crippen molar-refractivity contribution in [1.82, 2.24) is 5.43 Å². The second-order valence-electron chi connectivity index (χ2n) is 5.20. The van der Waals surface area contributed by atoms with Gasteiger partial charge < -0.3 is 14.9 Å². The van der Waals surface area contributed by atoms with Gasteiger partial charge in [0.15, 0.2) is 11.5 Å². The van der Waals surface area contributed by atoms with Crippen LogP contribution in [0.2, 0.25) is 0 Å². The minimum Gasteiger partial charge on any atom is -0.493 e. The lowest BCUT2D eigenvalue weighted by atomic mass is 10.1. The number of hydrazone groups is 1. The predicted molar refractivity (Wildman–Crippen MR) is 89.7 cm³/mol. The molecule has 0 fully saturated rings.